The number of carbonyl (C=O) groups is 2. The maximum Gasteiger partial charge on any atom is 0.243 e. The van der Waals surface area contributed by atoms with Crippen LogP contribution in [0.3, 0.4) is 0 Å². The first-order valence-corrected chi connectivity index (χ1v) is 13.1. The fourth-order valence-corrected chi connectivity index (χ4v) is 5.52. The van der Waals surface area contributed by atoms with E-state index in [0.717, 1.165) is 11.1 Å². The number of likely N-dealkylation sites (tertiary alicyclic amines) is 1. The number of nitrogens with one attached hydrogen (secondary N) is 1. The van der Waals surface area contributed by atoms with E-state index in [9.17, 15) is 14.7 Å². The van der Waals surface area contributed by atoms with Crippen molar-refractivity contribution in [3.63, 3.8) is 0 Å². The van der Waals surface area contributed by atoms with Crippen molar-refractivity contribution in [3.05, 3.63) is 82.4 Å². The van der Waals surface area contributed by atoms with Gasteiger partial charge in [0.15, 0.2) is 0 Å². The van der Waals surface area contributed by atoms with Crippen LogP contribution in [0.1, 0.15) is 70.0 Å². The minimum atomic E-state index is -0.824. The van der Waals surface area contributed by atoms with Gasteiger partial charge >= 0.3 is 0 Å². The molecule has 0 bridgehead atoms. The second kappa shape index (κ2) is 11.4. The SMILES string of the molecule is C=CCC1(C)CC(c2cccc(Cl)c2)C(c2ccc(Cl)cc2)N(C(CC)C(=O)NC(C)(C)CO)C1=O. The van der Waals surface area contributed by atoms with Gasteiger partial charge in [0, 0.05) is 16.0 Å². The van der Waals surface area contributed by atoms with Crippen LogP contribution in [-0.2, 0) is 9.59 Å². The molecule has 0 aromatic heterocycles. The Morgan fingerprint density at radius 2 is 1.89 bits per heavy atom. The molecule has 36 heavy (non-hydrogen) atoms. The van der Waals surface area contributed by atoms with Crippen molar-refractivity contribution in [3.8, 4) is 0 Å². The lowest BCUT2D eigenvalue weighted by Gasteiger charge is -2.51. The number of aliphatic hydroxyl groups is 1. The van der Waals surface area contributed by atoms with Gasteiger partial charge in [0.25, 0.3) is 0 Å². The van der Waals surface area contributed by atoms with E-state index in [1.807, 2.05) is 62.4 Å². The van der Waals surface area contributed by atoms with Crippen molar-refractivity contribution >= 4 is 35.0 Å². The molecule has 4 unspecified atom stereocenters. The van der Waals surface area contributed by atoms with Crippen LogP contribution in [0, 0.1) is 5.41 Å². The van der Waals surface area contributed by atoms with Crippen molar-refractivity contribution in [2.24, 2.45) is 5.41 Å². The molecule has 1 heterocycles. The van der Waals surface area contributed by atoms with Crippen LogP contribution in [-0.4, -0.2) is 40.0 Å². The third-order valence-corrected chi connectivity index (χ3v) is 7.55. The average Bonchev–Trinajstić information content (AvgIpc) is 2.83. The number of piperidine rings is 1. The van der Waals surface area contributed by atoms with E-state index in [0.29, 0.717) is 29.3 Å². The lowest BCUT2D eigenvalue weighted by Crippen LogP contribution is -2.61. The molecular formula is C29H36Cl2N2O3. The second-order valence-corrected chi connectivity index (χ2v) is 11.5. The third-order valence-electron chi connectivity index (χ3n) is 7.07. The van der Waals surface area contributed by atoms with Gasteiger partial charge in [-0.05, 0) is 68.5 Å². The molecule has 5 nitrogen and oxygen atoms in total. The minimum absolute atomic E-state index is 0.0931. The number of nitrogens with zero attached hydrogens (tertiary/aromatic N) is 1. The summed E-state index contributed by atoms with van der Waals surface area (Å²) in [5.41, 5.74) is 0.320. The van der Waals surface area contributed by atoms with Crippen LogP contribution in [0.4, 0.5) is 0 Å². The van der Waals surface area contributed by atoms with Crippen molar-refractivity contribution in [2.45, 2.75) is 70.5 Å². The number of hydrogen-bond acceptors (Lipinski definition) is 3. The highest BCUT2D eigenvalue weighted by molar-refractivity contribution is 6.30. The number of allylic oxidation sites excluding steroid dienone is 1. The van der Waals surface area contributed by atoms with Crippen molar-refractivity contribution in [1.82, 2.24) is 10.2 Å². The van der Waals surface area contributed by atoms with Crippen LogP contribution in [0.15, 0.2) is 61.2 Å². The molecule has 0 aliphatic carbocycles. The summed E-state index contributed by atoms with van der Waals surface area (Å²) in [6.45, 7) is 11.0. The van der Waals surface area contributed by atoms with E-state index in [4.69, 9.17) is 23.2 Å². The highest BCUT2D eigenvalue weighted by Crippen LogP contribution is 2.52. The number of carbonyl (C=O) groups excluding carboxylic acids is 2. The number of halogens is 2. The molecule has 2 aromatic carbocycles. The molecule has 1 fully saturated rings. The summed E-state index contributed by atoms with van der Waals surface area (Å²) < 4.78 is 0. The summed E-state index contributed by atoms with van der Waals surface area (Å²) in [6.07, 6.45) is 3.23. The van der Waals surface area contributed by atoms with Gasteiger partial charge in [0.05, 0.1) is 23.6 Å². The molecule has 1 saturated heterocycles. The molecule has 4 atom stereocenters. The third kappa shape index (κ3) is 5.96. The van der Waals surface area contributed by atoms with E-state index in [1.165, 1.54) is 0 Å². The van der Waals surface area contributed by atoms with E-state index >= 15 is 0 Å². The summed E-state index contributed by atoms with van der Waals surface area (Å²) in [5, 5.41) is 13.9. The lowest BCUT2D eigenvalue weighted by molar-refractivity contribution is -0.159. The van der Waals surface area contributed by atoms with E-state index in [-0.39, 0.29) is 24.3 Å². The normalized spacial score (nSPS) is 23.3. The highest BCUT2D eigenvalue weighted by Gasteiger charge is 2.52. The van der Waals surface area contributed by atoms with Gasteiger partial charge in [0.2, 0.25) is 11.8 Å². The number of amides is 2. The fraction of sp³-hybridized carbons (Fsp3) is 0.448. The molecule has 7 heteroatoms. The van der Waals surface area contributed by atoms with E-state index in [1.54, 1.807) is 24.8 Å². The predicted molar refractivity (Wildman–Crippen MR) is 146 cm³/mol. The average molecular weight is 532 g/mol. The molecule has 2 aromatic rings. The maximum atomic E-state index is 14.3. The zero-order chi connectivity index (χ0) is 26.7. The molecular weight excluding hydrogens is 495 g/mol. The first-order valence-electron chi connectivity index (χ1n) is 12.3. The molecule has 2 amide bonds. The number of aliphatic hydroxyl groups excluding tert-OH is 1. The Balaban J connectivity index is 2.23. The number of rotatable bonds is 9. The molecule has 2 N–H and O–H groups in total. The Labute approximate surface area is 224 Å². The van der Waals surface area contributed by atoms with Crippen LogP contribution < -0.4 is 5.32 Å². The topological polar surface area (TPSA) is 69.6 Å². The molecule has 0 radical (unpaired) electrons. The van der Waals surface area contributed by atoms with E-state index < -0.39 is 23.0 Å². The Bertz CT molecular complexity index is 1100. The van der Waals surface area contributed by atoms with E-state index in [2.05, 4.69) is 11.9 Å². The van der Waals surface area contributed by atoms with Gasteiger partial charge < -0.3 is 15.3 Å². The van der Waals surface area contributed by atoms with Gasteiger partial charge in [-0.2, -0.15) is 0 Å². The van der Waals surface area contributed by atoms with Crippen LogP contribution in [0.2, 0.25) is 10.0 Å². The monoisotopic (exact) mass is 530 g/mol. The van der Waals surface area contributed by atoms with Gasteiger partial charge in [-0.3, -0.25) is 9.59 Å². The molecule has 1 aliphatic rings. The first-order chi connectivity index (χ1) is 17.0. The Kier molecular flexibility index (Phi) is 8.92. The smallest absolute Gasteiger partial charge is 0.243 e. The van der Waals surface area contributed by atoms with Gasteiger partial charge in [0.1, 0.15) is 6.04 Å². The predicted octanol–water partition coefficient (Wildman–Crippen LogP) is 6.30. The van der Waals surface area contributed by atoms with Gasteiger partial charge in [-0.25, -0.2) is 0 Å². The molecule has 194 valence electrons. The zero-order valence-corrected chi connectivity index (χ0v) is 22.9. The summed E-state index contributed by atoms with van der Waals surface area (Å²) >= 11 is 12.6. The quantitative estimate of drug-likeness (QED) is 0.373. The Morgan fingerprint density at radius 1 is 1.22 bits per heavy atom. The van der Waals surface area contributed by atoms with Crippen molar-refractivity contribution in [1.29, 1.82) is 0 Å². The summed E-state index contributed by atoms with van der Waals surface area (Å²) in [6, 6.07) is 14.0. The summed E-state index contributed by atoms with van der Waals surface area (Å²) in [4.78, 5) is 29.6. The minimum Gasteiger partial charge on any atom is -0.394 e. The Morgan fingerprint density at radius 3 is 2.44 bits per heavy atom. The van der Waals surface area contributed by atoms with Crippen LogP contribution in [0.5, 0.6) is 0 Å². The molecule has 3 rings (SSSR count). The van der Waals surface area contributed by atoms with Crippen molar-refractivity contribution in [2.75, 3.05) is 6.61 Å². The van der Waals surface area contributed by atoms with Crippen LogP contribution in [0.25, 0.3) is 0 Å². The number of benzene rings is 2. The van der Waals surface area contributed by atoms with Gasteiger partial charge in [-0.15, -0.1) is 6.58 Å². The zero-order valence-electron chi connectivity index (χ0n) is 21.4. The Hall–Kier alpha value is -2.34. The molecule has 0 spiro atoms. The molecule has 0 saturated carbocycles. The first kappa shape index (κ1) is 28.2. The lowest BCUT2D eigenvalue weighted by atomic mass is 9.67. The summed E-state index contributed by atoms with van der Waals surface area (Å²) in [7, 11) is 0. The second-order valence-electron chi connectivity index (χ2n) is 10.6. The van der Waals surface area contributed by atoms with Gasteiger partial charge in [-0.1, -0.05) is 67.4 Å². The standard InChI is InChI=1S/C29H36Cl2N2O3/c1-6-15-29(5)17-23(20-9-8-10-22(31)16-20)25(19-11-13-21(30)14-12-19)33(27(29)36)24(7-2)26(35)32-28(3,4)18-34/h6,8-14,16,23-25,34H,1,7,15,17-18H2,2-5H3,(H,32,35). The molecule has 1 aliphatic heterocycles. The maximum absolute atomic E-state index is 14.3. The van der Waals surface area contributed by atoms with Crippen LogP contribution >= 0.6 is 23.2 Å². The summed E-state index contributed by atoms with van der Waals surface area (Å²) in [5.74, 6) is -0.513. The number of hydrogen-bond donors (Lipinski definition) is 2. The highest BCUT2D eigenvalue weighted by atomic mass is 35.5. The largest absolute Gasteiger partial charge is 0.394 e. The van der Waals surface area contributed by atoms with Crippen molar-refractivity contribution < 1.29 is 14.7 Å². The fourth-order valence-electron chi connectivity index (χ4n) is 5.20.